The third-order valence-electron chi connectivity index (χ3n) is 3.80. The molecular weight excluding hydrogens is 431 g/mol. The zero-order valence-electron chi connectivity index (χ0n) is 15.4. The Morgan fingerprint density at radius 2 is 2.04 bits per heavy atom. The molecule has 0 spiro atoms. The molecule has 138 valence electrons. The van der Waals surface area contributed by atoms with E-state index >= 15 is 0 Å². The van der Waals surface area contributed by atoms with E-state index in [0.29, 0.717) is 13.1 Å². The summed E-state index contributed by atoms with van der Waals surface area (Å²) in [6.45, 7) is 7.31. The smallest absolute Gasteiger partial charge is 0.191 e. The molecule has 0 amide bonds. The van der Waals surface area contributed by atoms with Crippen molar-refractivity contribution >= 4 is 29.9 Å². The summed E-state index contributed by atoms with van der Waals surface area (Å²) in [6, 6.07) is 4.02. The van der Waals surface area contributed by atoms with E-state index in [2.05, 4.69) is 25.6 Å². The second-order valence-corrected chi connectivity index (χ2v) is 6.11. The normalized spacial score (nSPS) is 11.8. The van der Waals surface area contributed by atoms with Crippen molar-refractivity contribution in [1.82, 2.24) is 25.2 Å². The van der Waals surface area contributed by atoms with Gasteiger partial charge in [-0.2, -0.15) is 0 Å². The summed E-state index contributed by atoms with van der Waals surface area (Å²) < 4.78 is 7.34. The minimum atomic E-state index is -0.247. The van der Waals surface area contributed by atoms with Gasteiger partial charge < -0.3 is 15.4 Å². The lowest BCUT2D eigenvalue weighted by atomic mass is 10.1. The highest BCUT2D eigenvalue weighted by atomic mass is 127. The fourth-order valence-corrected chi connectivity index (χ4v) is 2.06. The number of imidazole rings is 1. The highest BCUT2D eigenvalue weighted by molar-refractivity contribution is 14.0. The van der Waals surface area contributed by atoms with E-state index in [0.717, 1.165) is 23.2 Å². The van der Waals surface area contributed by atoms with Crippen LogP contribution in [-0.2, 0) is 11.3 Å². The maximum Gasteiger partial charge on any atom is 0.191 e. The number of aryl methyl sites for hydroxylation is 1. The van der Waals surface area contributed by atoms with Crippen LogP contribution >= 0.6 is 24.0 Å². The molecule has 0 aliphatic rings. The van der Waals surface area contributed by atoms with Crippen molar-refractivity contribution in [2.24, 2.45) is 4.99 Å². The lowest BCUT2D eigenvalue weighted by molar-refractivity contribution is 0.0268. The molecule has 0 atom stereocenters. The summed E-state index contributed by atoms with van der Waals surface area (Å²) in [5, 5.41) is 6.53. The summed E-state index contributed by atoms with van der Waals surface area (Å²) in [6.07, 6.45) is 5.52. The van der Waals surface area contributed by atoms with Crippen LogP contribution in [0.15, 0.2) is 35.7 Å². The molecule has 0 aromatic carbocycles. The van der Waals surface area contributed by atoms with E-state index < -0.39 is 0 Å². The molecule has 8 heteroatoms. The quantitative estimate of drug-likeness (QED) is 0.395. The first kappa shape index (κ1) is 21.4. The first-order valence-electron chi connectivity index (χ1n) is 7.90. The Morgan fingerprint density at radius 1 is 1.28 bits per heavy atom. The van der Waals surface area contributed by atoms with Crippen molar-refractivity contribution in [3.8, 4) is 5.82 Å². The van der Waals surface area contributed by atoms with Crippen LogP contribution in [0.25, 0.3) is 5.82 Å². The Morgan fingerprint density at radius 3 is 2.56 bits per heavy atom. The monoisotopic (exact) mass is 458 g/mol. The predicted molar refractivity (Wildman–Crippen MR) is 111 cm³/mol. The number of guanidine groups is 1. The van der Waals surface area contributed by atoms with Crippen LogP contribution in [-0.4, -0.2) is 46.8 Å². The molecule has 2 heterocycles. The summed E-state index contributed by atoms with van der Waals surface area (Å²) in [5.41, 5.74) is 0.828. The summed E-state index contributed by atoms with van der Waals surface area (Å²) in [7, 11) is 3.45. The highest BCUT2D eigenvalue weighted by Crippen LogP contribution is 2.08. The average molecular weight is 458 g/mol. The molecule has 0 radical (unpaired) electrons. The minimum absolute atomic E-state index is 0. The van der Waals surface area contributed by atoms with Crippen LogP contribution < -0.4 is 10.6 Å². The first-order valence-corrected chi connectivity index (χ1v) is 7.90. The molecule has 2 N–H and O–H groups in total. The number of rotatable bonds is 6. The summed E-state index contributed by atoms with van der Waals surface area (Å²) in [4.78, 5) is 12.9. The van der Waals surface area contributed by atoms with Crippen LogP contribution in [0.3, 0.4) is 0 Å². The molecule has 0 saturated heterocycles. The fraction of sp³-hybridized carbons (Fsp3) is 0.471. The zero-order chi connectivity index (χ0) is 17.6. The molecule has 0 saturated carbocycles. The van der Waals surface area contributed by atoms with Crippen molar-refractivity contribution in [3.05, 3.63) is 42.1 Å². The van der Waals surface area contributed by atoms with Gasteiger partial charge in [0.25, 0.3) is 0 Å². The molecule has 0 unspecified atom stereocenters. The maximum absolute atomic E-state index is 5.39. The van der Waals surface area contributed by atoms with Gasteiger partial charge in [-0.3, -0.25) is 9.56 Å². The van der Waals surface area contributed by atoms with Crippen LogP contribution in [0.5, 0.6) is 0 Å². The van der Waals surface area contributed by atoms with Crippen LogP contribution in [0.4, 0.5) is 0 Å². The van der Waals surface area contributed by atoms with Gasteiger partial charge in [0.15, 0.2) is 5.96 Å². The van der Waals surface area contributed by atoms with E-state index in [4.69, 9.17) is 4.74 Å². The van der Waals surface area contributed by atoms with Crippen molar-refractivity contribution < 1.29 is 4.74 Å². The van der Waals surface area contributed by atoms with E-state index in [9.17, 15) is 0 Å². The van der Waals surface area contributed by atoms with Crippen LogP contribution in [0.2, 0.25) is 0 Å². The number of aromatic nitrogens is 3. The summed E-state index contributed by atoms with van der Waals surface area (Å²) >= 11 is 0. The van der Waals surface area contributed by atoms with Gasteiger partial charge in [0.05, 0.1) is 5.60 Å². The number of pyridine rings is 1. The van der Waals surface area contributed by atoms with E-state index in [-0.39, 0.29) is 29.6 Å². The Hall–Kier alpha value is -1.68. The van der Waals surface area contributed by atoms with Gasteiger partial charge in [0.2, 0.25) is 0 Å². The first-order chi connectivity index (χ1) is 11.4. The fourth-order valence-electron chi connectivity index (χ4n) is 2.06. The van der Waals surface area contributed by atoms with Crippen molar-refractivity contribution in [1.29, 1.82) is 0 Å². The molecular formula is C17H27IN6O. The second kappa shape index (κ2) is 9.71. The van der Waals surface area contributed by atoms with Gasteiger partial charge in [-0.1, -0.05) is 6.07 Å². The predicted octanol–water partition coefficient (Wildman–Crippen LogP) is 2.28. The zero-order valence-corrected chi connectivity index (χ0v) is 17.7. The standard InChI is InChI=1S/C17H26N6O.HI/c1-13-19-8-9-23(13)15-7-6-14(10-20-15)11-21-16(18-4)22-12-17(2,3)24-5;/h6-10H,11-12H2,1-5H3,(H2,18,21,22);1H. The lowest BCUT2D eigenvalue weighted by Gasteiger charge is -2.24. The van der Waals surface area contributed by atoms with Gasteiger partial charge >= 0.3 is 0 Å². The minimum Gasteiger partial charge on any atom is -0.377 e. The lowest BCUT2D eigenvalue weighted by Crippen LogP contribution is -2.45. The Kier molecular flexibility index (Phi) is 8.30. The Balaban J connectivity index is 0.00000312. The van der Waals surface area contributed by atoms with Crippen molar-refractivity contribution in [3.63, 3.8) is 0 Å². The number of nitrogens with zero attached hydrogens (tertiary/aromatic N) is 4. The van der Waals surface area contributed by atoms with Gasteiger partial charge in [-0.15, -0.1) is 24.0 Å². The molecule has 2 rings (SSSR count). The molecule has 0 aliphatic heterocycles. The Labute approximate surface area is 166 Å². The van der Waals surface area contributed by atoms with Gasteiger partial charge in [-0.05, 0) is 32.4 Å². The molecule has 7 nitrogen and oxygen atoms in total. The third-order valence-corrected chi connectivity index (χ3v) is 3.80. The van der Waals surface area contributed by atoms with E-state index in [1.807, 2.05) is 49.9 Å². The Bertz CT molecular complexity index is 681. The number of hydrogen-bond acceptors (Lipinski definition) is 4. The number of halogens is 1. The number of nitrogens with one attached hydrogen (secondary N) is 2. The summed E-state index contributed by atoms with van der Waals surface area (Å²) in [5.74, 6) is 2.51. The largest absolute Gasteiger partial charge is 0.377 e. The number of aliphatic imine (C=N–C) groups is 1. The number of ether oxygens (including phenoxy) is 1. The molecule has 2 aromatic heterocycles. The maximum atomic E-state index is 5.39. The molecule has 0 fully saturated rings. The highest BCUT2D eigenvalue weighted by Gasteiger charge is 2.16. The number of methoxy groups -OCH3 is 1. The van der Waals surface area contributed by atoms with Gasteiger partial charge in [-0.25, -0.2) is 9.97 Å². The average Bonchev–Trinajstić information content (AvgIpc) is 3.01. The van der Waals surface area contributed by atoms with Gasteiger partial charge in [0.1, 0.15) is 11.6 Å². The van der Waals surface area contributed by atoms with Crippen molar-refractivity contribution in [2.45, 2.75) is 32.9 Å². The molecule has 25 heavy (non-hydrogen) atoms. The van der Waals surface area contributed by atoms with E-state index in [1.165, 1.54) is 0 Å². The molecule has 0 bridgehead atoms. The van der Waals surface area contributed by atoms with Crippen LogP contribution in [0.1, 0.15) is 25.2 Å². The van der Waals surface area contributed by atoms with E-state index in [1.54, 1.807) is 20.4 Å². The van der Waals surface area contributed by atoms with Crippen LogP contribution in [0, 0.1) is 6.92 Å². The molecule has 2 aromatic rings. The number of hydrogen-bond donors (Lipinski definition) is 2. The third kappa shape index (κ3) is 6.28. The SMILES string of the molecule is CN=C(NCc1ccc(-n2ccnc2C)nc1)NCC(C)(C)OC.I. The topological polar surface area (TPSA) is 76.4 Å². The molecule has 0 aliphatic carbocycles. The van der Waals surface area contributed by atoms with Crippen molar-refractivity contribution in [2.75, 3.05) is 20.7 Å². The van der Waals surface area contributed by atoms with Gasteiger partial charge in [0, 0.05) is 45.8 Å². The second-order valence-electron chi connectivity index (χ2n) is 6.11.